The second kappa shape index (κ2) is 19.8. The fourth-order valence-electron chi connectivity index (χ4n) is 12.0. The zero-order chi connectivity index (χ0) is 51.4. The number of nitrogens with one attached hydrogen (secondary N) is 3. The summed E-state index contributed by atoms with van der Waals surface area (Å²) in [6, 6.07) is 28.1. The molecular formula is C56H64N8O9S. The molecule has 388 valence electrons. The SMILES string of the molecule is CC(C)c1ccccc1[C@H]1CN(Cc2cccc3c2OCCO3)CCN1C1CC2(C1)CN(c1ccc(C(=O)NS(=O)(=O)c3ccc(NC[C@H]4CC[C@](C)(O)CC4)c([N+](=O)[O-])c3)c(Oc3cnc4[nH]ccc4c3)c1)C2. The minimum atomic E-state index is -4.59. The topological polar surface area (TPSA) is 205 Å². The molecule has 5 aliphatic rings. The number of rotatable bonds is 15. The van der Waals surface area contributed by atoms with Crippen LogP contribution >= 0.6 is 0 Å². The largest absolute Gasteiger partial charge is 0.486 e. The summed E-state index contributed by atoms with van der Waals surface area (Å²) in [6.45, 7) is 13.1. The number of nitro benzene ring substituents is 1. The Morgan fingerprint density at radius 3 is 2.58 bits per heavy atom. The molecule has 2 aromatic heterocycles. The van der Waals surface area contributed by atoms with Crippen LogP contribution in [0.15, 0.2) is 108 Å². The molecule has 1 atom stereocenters. The molecule has 1 amide bonds. The maximum atomic E-state index is 14.1. The summed E-state index contributed by atoms with van der Waals surface area (Å²) in [5.74, 6) is 1.79. The average molecular weight is 1030 g/mol. The Bertz CT molecular complexity index is 3190. The number of H-pyrrole nitrogens is 1. The van der Waals surface area contributed by atoms with Crippen molar-refractivity contribution in [2.45, 2.75) is 94.3 Å². The van der Waals surface area contributed by atoms with Crippen LogP contribution in [0.1, 0.15) is 98.3 Å². The van der Waals surface area contributed by atoms with E-state index in [0.29, 0.717) is 56.0 Å². The van der Waals surface area contributed by atoms with E-state index in [9.17, 15) is 28.4 Å². The minimum Gasteiger partial charge on any atom is -0.486 e. The van der Waals surface area contributed by atoms with Crippen molar-refractivity contribution >= 4 is 44.0 Å². The summed E-state index contributed by atoms with van der Waals surface area (Å²) < 4.78 is 48.3. The van der Waals surface area contributed by atoms with Gasteiger partial charge in [-0.2, -0.15) is 0 Å². The molecule has 0 radical (unpaired) electrons. The third-order valence-electron chi connectivity index (χ3n) is 16.0. The van der Waals surface area contributed by atoms with Crippen molar-refractivity contribution < 1.29 is 37.5 Å². The summed E-state index contributed by atoms with van der Waals surface area (Å²) in [5, 5.41) is 26.5. The number of aromatic amines is 1. The van der Waals surface area contributed by atoms with E-state index < -0.39 is 37.0 Å². The smallest absolute Gasteiger partial charge is 0.293 e. The number of sulfonamides is 1. The van der Waals surface area contributed by atoms with Crippen molar-refractivity contribution in [2.24, 2.45) is 11.3 Å². The van der Waals surface area contributed by atoms with Gasteiger partial charge in [0.2, 0.25) is 0 Å². The van der Waals surface area contributed by atoms with Crippen molar-refractivity contribution in [1.82, 2.24) is 24.5 Å². The lowest BCUT2D eigenvalue weighted by atomic mass is 9.59. The van der Waals surface area contributed by atoms with Gasteiger partial charge < -0.3 is 34.5 Å². The number of nitrogens with zero attached hydrogens (tertiary/aromatic N) is 5. The molecule has 4 fully saturated rings. The number of fused-ring (bicyclic) bond motifs is 2. The molecule has 4 N–H and O–H groups in total. The van der Waals surface area contributed by atoms with Crippen LogP contribution in [0.25, 0.3) is 11.0 Å². The number of amides is 1. The van der Waals surface area contributed by atoms with Crippen molar-refractivity contribution in [2.75, 3.05) is 62.7 Å². The summed E-state index contributed by atoms with van der Waals surface area (Å²) >= 11 is 0. The average Bonchev–Trinajstić information content (AvgIpc) is 3.85. The van der Waals surface area contributed by atoms with Gasteiger partial charge in [-0.15, -0.1) is 0 Å². The molecule has 5 heterocycles. The molecular weight excluding hydrogens is 961 g/mol. The second-order valence-corrected chi connectivity index (χ2v) is 23.4. The first kappa shape index (κ1) is 49.5. The Morgan fingerprint density at radius 2 is 1.78 bits per heavy atom. The lowest BCUT2D eigenvalue weighted by Crippen LogP contribution is -2.68. The fourth-order valence-corrected chi connectivity index (χ4v) is 13.0. The Morgan fingerprint density at radius 1 is 0.986 bits per heavy atom. The zero-order valence-corrected chi connectivity index (χ0v) is 42.9. The maximum Gasteiger partial charge on any atom is 0.293 e. The van der Waals surface area contributed by atoms with Gasteiger partial charge in [0.15, 0.2) is 11.5 Å². The van der Waals surface area contributed by atoms with Gasteiger partial charge in [-0.05, 0) is 111 Å². The van der Waals surface area contributed by atoms with E-state index in [-0.39, 0.29) is 34.4 Å². The predicted octanol–water partition coefficient (Wildman–Crippen LogP) is 9.16. The number of pyridine rings is 1. The van der Waals surface area contributed by atoms with E-state index >= 15 is 0 Å². The van der Waals surface area contributed by atoms with Gasteiger partial charge in [0.1, 0.15) is 36.0 Å². The molecule has 2 aliphatic carbocycles. The number of para-hydroxylation sites is 1. The lowest BCUT2D eigenvalue weighted by molar-refractivity contribution is -0.384. The van der Waals surface area contributed by atoms with Gasteiger partial charge in [0, 0.05) is 98.3 Å². The number of nitro groups is 1. The molecule has 2 saturated carbocycles. The normalized spacial score (nSPS) is 22.0. The molecule has 18 heteroatoms. The molecule has 0 bridgehead atoms. The van der Waals surface area contributed by atoms with Gasteiger partial charge in [-0.1, -0.05) is 50.2 Å². The standard InChI is InChI=1S/C56H64N8O9S/c1-36(2)44-8-4-5-9-45(44)49-33-61(32-39-7-6-10-50-52(39)72-24-23-71-50)21-22-63(49)41-28-56(29-41)34-62(35-56)40-11-13-46(51(26-40)73-42-25-38-17-20-57-53(38)59-31-42)54(65)60-74(69,70)43-12-14-47(48(27-43)64(67)68)58-30-37-15-18-55(3,66)19-16-37/h4-14,17,20,25-27,31,36-37,41,49,58,66H,15-16,18-19,21-24,28-30,32-35H2,1-3H3,(H,57,59)(H,60,65)/t37-,49-,55-/m1/s1. The third-order valence-corrected chi connectivity index (χ3v) is 17.4. The maximum absolute atomic E-state index is 14.1. The van der Waals surface area contributed by atoms with E-state index in [1.807, 2.05) is 25.1 Å². The fraction of sp³-hybridized carbons (Fsp3) is 0.429. The van der Waals surface area contributed by atoms with Crippen LogP contribution in [0.5, 0.6) is 23.0 Å². The number of aliphatic hydroxyl groups is 1. The first-order valence-corrected chi connectivity index (χ1v) is 27.3. The van der Waals surface area contributed by atoms with Crippen molar-refractivity contribution in [1.29, 1.82) is 0 Å². The van der Waals surface area contributed by atoms with E-state index in [1.165, 1.54) is 29.5 Å². The first-order valence-electron chi connectivity index (χ1n) is 25.9. The van der Waals surface area contributed by atoms with Crippen LogP contribution in [0, 0.1) is 21.4 Å². The van der Waals surface area contributed by atoms with E-state index in [1.54, 1.807) is 24.4 Å². The molecule has 6 aromatic rings. The Labute approximate surface area is 431 Å². The highest BCUT2D eigenvalue weighted by atomic mass is 32.2. The van der Waals surface area contributed by atoms with Crippen LogP contribution in [-0.4, -0.2) is 108 Å². The summed E-state index contributed by atoms with van der Waals surface area (Å²) in [5.41, 5.74) is 4.53. The number of carbonyl (C=O) groups is 1. The van der Waals surface area contributed by atoms with E-state index in [2.05, 4.69) is 85.0 Å². The monoisotopic (exact) mass is 1020 g/mol. The van der Waals surface area contributed by atoms with Crippen molar-refractivity contribution in [3.63, 3.8) is 0 Å². The highest BCUT2D eigenvalue weighted by molar-refractivity contribution is 7.90. The number of carbonyl (C=O) groups excluding carboxylic acids is 1. The van der Waals surface area contributed by atoms with Crippen LogP contribution in [0.3, 0.4) is 0 Å². The van der Waals surface area contributed by atoms with Crippen LogP contribution < -0.4 is 29.1 Å². The van der Waals surface area contributed by atoms with Crippen LogP contribution in [0.4, 0.5) is 17.1 Å². The number of ether oxygens (including phenoxy) is 3. The predicted molar refractivity (Wildman–Crippen MR) is 282 cm³/mol. The molecule has 1 spiro atoms. The first-order chi connectivity index (χ1) is 35.6. The van der Waals surface area contributed by atoms with Gasteiger partial charge in [0.25, 0.3) is 21.6 Å². The third kappa shape index (κ3) is 10.1. The summed E-state index contributed by atoms with van der Waals surface area (Å²) in [6.07, 6.45) is 8.20. The van der Waals surface area contributed by atoms with Crippen LogP contribution in [0.2, 0.25) is 0 Å². The number of piperazine rings is 1. The number of anilines is 2. The Kier molecular flexibility index (Phi) is 13.3. The lowest BCUT2D eigenvalue weighted by Gasteiger charge is -2.63. The molecule has 3 aliphatic heterocycles. The quantitative estimate of drug-likeness (QED) is 0.0560. The van der Waals surface area contributed by atoms with Gasteiger partial charge in [-0.25, -0.2) is 18.1 Å². The Hall–Kier alpha value is -6.73. The van der Waals surface area contributed by atoms with Crippen LogP contribution in [-0.2, 0) is 16.6 Å². The molecule has 0 unspecified atom stereocenters. The molecule has 2 saturated heterocycles. The molecule has 4 aromatic carbocycles. The second-order valence-electron chi connectivity index (χ2n) is 21.7. The summed E-state index contributed by atoms with van der Waals surface area (Å²) in [7, 11) is -4.59. The Balaban J connectivity index is 0.790. The number of benzene rings is 4. The highest BCUT2D eigenvalue weighted by Gasteiger charge is 2.55. The molecule has 74 heavy (non-hydrogen) atoms. The van der Waals surface area contributed by atoms with Crippen molar-refractivity contribution in [3.05, 3.63) is 136 Å². The van der Waals surface area contributed by atoms with Gasteiger partial charge in [-0.3, -0.25) is 24.7 Å². The van der Waals surface area contributed by atoms with Gasteiger partial charge >= 0.3 is 0 Å². The number of aromatic nitrogens is 2. The van der Waals surface area contributed by atoms with E-state index in [0.717, 1.165) is 99.2 Å². The molecule has 11 rings (SSSR count). The molecule has 17 nitrogen and oxygen atoms in total. The number of hydrogen-bond acceptors (Lipinski definition) is 14. The number of hydrogen-bond donors (Lipinski definition) is 4. The summed E-state index contributed by atoms with van der Waals surface area (Å²) in [4.78, 5) is 40.4. The van der Waals surface area contributed by atoms with Crippen molar-refractivity contribution in [3.8, 4) is 23.0 Å². The van der Waals surface area contributed by atoms with E-state index in [4.69, 9.17) is 14.2 Å². The zero-order valence-electron chi connectivity index (χ0n) is 42.1. The highest BCUT2D eigenvalue weighted by Crippen LogP contribution is 2.54. The minimum absolute atomic E-state index is 0.0375. The van der Waals surface area contributed by atoms with Gasteiger partial charge in [0.05, 0.1) is 27.2 Å².